The van der Waals surface area contributed by atoms with E-state index in [1.807, 2.05) is 0 Å². The Morgan fingerprint density at radius 1 is 1.31 bits per heavy atom. The second kappa shape index (κ2) is 8.40. The molecule has 3 atom stereocenters. The summed E-state index contributed by atoms with van der Waals surface area (Å²) in [5.41, 5.74) is -0.0711. The molecule has 4 rings (SSSR count). The van der Waals surface area contributed by atoms with E-state index in [4.69, 9.17) is 4.74 Å². The SMILES string of the molecule is Cc1cccc(C(=O)N[C@@H]2CN3CCCC[C@@]3(C(=O)NC[C@@H]3CCCO3)C2)c1F. The molecule has 0 aromatic heterocycles. The molecule has 1 aromatic carbocycles. The molecule has 2 N–H and O–H groups in total. The van der Waals surface area contributed by atoms with E-state index >= 15 is 0 Å². The topological polar surface area (TPSA) is 70.7 Å². The minimum atomic E-state index is -0.583. The van der Waals surface area contributed by atoms with Crippen LogP contribution in [0.3, 0.4) is 0 Å². The van der Waals surface area contributed by atoms with Gasteiger partial charge in [-0.2, -0.15) is 0 Å². The van der Waals surface area contributed by atoms with E-state index in [1.165, 1.54) is 6.07 Å². The summed E-state index contributed by atoms with van der Waals surface area (Å²) in [6.07, 6.45) is 5.53. The third-order valence-electron chi connectivity index (χ3n) is 6.61. The predicted octanol–water partition coefficient (Wildman–Crippen LogP) is 2.16. The van der Waals surface area contributed by atoms with Crippen molar-refractivity contribution >= 4 is 11.8 Å². The molecule has 7 heteroatoms. The number of benzene rings is 1. The first-order valence-electron chi connectivity index (χ1n) is 10.7. The number of hydrogen-bond acceptors (Lipinski definition) is 4. The lowest BCUT2D eigenvalue weighted by Gasteiger charge is -2.40. The lowest BCUT2D eigenvalue weighted by atomic mass is 9.84. The van der Waals surface area contributed by atoms with E-state index < -0.39 is 17.3 Å². The van der Waals surface area contributed by atoms with Gasteiger partial charge in [-0.15, -0.1) is 0 Å². The average molecular weight is 403 g/mol. The number of carbonyl (C=O) groups is 2. The van der Waals surface area contributed by atoms with Crippen molar-refractivity contribution in [3.63, 3.8) is 0 Å². The normalized spacial score (nSPS) is 29.4. The second-order valence-corrected chi connectivity index (χ2v) is 8.59. The van der Waals surface area contributed by atoms with Crippen molar-refractivity contribution in [2.75, 3.05) is 26.2 Å². The summed E-state index contributed by atoms with van der Waals surface area (Å²) in [7, 11) is 0. The molecule has 0 radical (unpaired) electrons. The molecule has 1 aromatic rings. The van der Waals surface area contributed by atoms with Crippen LogP contribution in [-0.2, 0) is 9.53 Å². The fraction of sp³-hybridized carbons (Fsp3) is 0.636. The first kappa shape index (κ1) is 20.3. The second-order valence-electron chi connectivity index (χ2n) is 8.59. The van der Waals surface area contributed by atoms with E-state index in [0.717, 1.165) is 45.3 Å². The average Bonchev–Trinajstić information content (AvgIpc) is 3.35. The Morgan fingerprint density at radius 2 is 2.17 bits per heavy atom. The predicted molar refractivity (Wildman–Crippen MR) is 107 cm³/mol. The number of nitrogens with one attached hydrogen (secondary N) is 2. The third-order valence-corrected chi connectivity index (χ3v) is 6.61. The molecule has 3 heterocycles. The highest BCUT2D eigenvalue weighted by Crippen LogP contribution is 2.38. The van der Waals surface area contributed by atoms with Gasteiger partial charge in [-0.3, -0.25) is 14.5 Å². The lowest BCUT2D eigenvalue weighted by Crippen LogP contribution is -2.58. The molecule has 3 fully saturated rings. The Morgan fingerprint density at radius 3 is 2.97 bits per heavy atom. The maximum absolute atomic E-state index is 14.3. The molecule has 3 aliphatic heterocycles. The first-order valence-corrected chi connectivity index (χ1v) is 10.7. The van der Waals surface area contributed by atoms with Crippen molar-refractivity contribution < 1.29 is 18.7 Å². The molecule has 0 spiro atoms. The minimum Gasteiger partial charge on any atom is -0.376 e. The zero-order valence-corrected chi connectivity index (χ0v) is 17.0. The highest BCUT2D eigenvalue weighted by molar-refractivity contribution is 5.95. The van der Waals surface area contributed by atoms with Crippen LogP contribution in [0, 0.1) is 12.7 Å². The van der Waals surface area contributed by atoms with E-state index in [0.29, 0.717) is 25.1 Å². The summed E-state index contributed by atoms with van der Waals surface area (Å²) >= 11 is 0. The number of piperidine rings is 1. The molecular weight excluding hydrogens is 373 g/mol. The number of carbonyl (C=O) groups excluding carboxylic acids is 2. The van der Waals surface area contributed by atoms with Gasteiger partial charge in [0.15, 0.2) is 0 Å². The van der Waals surface area contributed by atoms with Crippen LogP contribution in [0.5, 0.6) is 0 Å². The van der Waals surface area contributed by atoms with Gasteiger partial charge in [0.25, 0.3) is 5.91 Å². The maximum atomic E-state index is 14.3. The lowest BCUT2D eigenvalue weighted by molar-refractivity contribution is -0.134. The molecule has 29 heavy (non-hydrogen) atoms. The van der Waals surface area contributed by atoms with Gasteiger partial charge in [-0.25, -0.2) is 4.39 Å². The van der Waals surface area contributed by atoms with Crippen LogP contribution in [0.1, 0.15) is 54.4 Å². The Labute approximate surface area is 171 Å². The first-order chi connectivity index (χ1) is 14.0. The van der Waals surface area contributed by atoms with Crippen molar-refractivity contribution in [3.8, 4) is 0 Å². The summed E-state index contributed by atoms with van der Waals surface area (Å²) in [6, 6.07) is 4.67. The smallest absolute Gasteiger partial charge is 0.254 e. The molecule has 6 nitrogen and oxygen atoms in total. The number of rotatable bonds is 5. The van der Waals surface area contributed by atoms with Crippen LogP contribution < -0.4 is 10.6 Å². The fourth-order valence-corrected chi connectivity index (χ4v) is 5.04. The molecule has 158 valence electrons. The van der Waals surface area contributed by atoms with Crippen LogP contribution in [0.25, 0.3) is 0 Å². The standard InChI is InChI=1S/C22H30FN3O3/c1-15-6-4-8-18(19(15)23)20(27)25-16-12-22(9-2-3-10-26(22)14-16)21(28)24-13-17-7-5-11-29-17/h4,6,8,16-17H,2-3,5,7,9-14H2,1H3,(H,24,28)(H,25,27)/t16-,17-,22-/m0/s1. The molecule has 0 saturated carbocycles. The number of aryl methyl sites for hydroxylation is 1. The third kappa shape index (κ3) is 4.03. The van der Waals surface area contributed by atoms with Gasteiger partial charge in [0.1, 0.15) is 11.4 Å². The molecule has 3 aliphatic rings. The number of fused-ring (bicyclic) bond motifs is 1. The molecule has 0 aliphatic carbocycles. The van der Waals surface area contributed by atoms with Crippen LogP contribution in [0.4, 0.5) is 4.39 Å². The summed E-state index contributed by atoms with van der Waals surface area (Å²) in [5, 5.41) is 6.07. The van der Waals surface area contributed by atoms with Gasteiger partial charge >= 0.3 is 0 Å². The van der Waals surface area contributed by atoms with Crippen LogP contribution in [0.2, 0.25) is 0 Å². The number of halogens is 1. The molecule has 0 unspecified atom stereocenters. The zero-order valence-electron chi connectivity index (χ0n) is 17.0. The summed E-state index contributed by atoms with van der Waals surface area (Å²) < 4.78 is 19.9. The van der Waals surface area contributed by atoms with Crippen molar-refractivity contribution in [2.45, 2.75) is 63.1 Å². The number of nitrogens with zero attached hydrogens (tertiary/aromatic N) is 1. The van der Waals surface area contributed by atoms with Gasteiger partial charge in [-0.1, -0.05) is 12.1 Å². The number of amides is 2. The van der Waals surface area contributed by atoms with Crippen molar-refractivity contribution in [1.29, 1.82) is 0 Å². The van der Waals surface area contributed by atoms with Crippen LogP contribution in [0.15, 0.2) is 18.2 Å². The Bertz CT molecular complexity index is 781. The van der Waals surface area contributed by atoms with E-state index in [2.05, 4.69) is 15.5 Å². The van der Waals surface area contributed by atoms with E-state index in [9.17, 15) is 14.0 Å². The van der Waals surface area contributed by atoms with Crippen molar-refractivity contribution in [1.82, 2.24) is 15.5 Å². The number of hydrogen-bond donors (Lipinski definition) is 2. The van der Waals surface area contributed by atoms with Gasteiger partial charge < -0.3 is 15.4 Å². The van der Waals surface area contributed by atoms with Gasteiger partial charge in [0, 0.05) is 25.7 Å². The molecule has 2 amide bonds. The fourth-order valence-electron chi connectivity index (χ4n) is 5.04. The van der Waals surface area contributed by atoms with Crippen molar-refractivity contribution in [3.05, 3.63) is 35.1 Å². The van der Waals surface area contributed by atoms with Gasteiger partial charge in [0.2, 0.25) is 5.91 Å². The Hall–Kier alpha value is -1.99. The van der Waals surface area contributed by atoms with E-state index in [-0.39, 0.29) is 23.6 Å². The molecule has 3 saturated heterocycles. The van der Waals surface area contributed by atoms with Crippen molar-refractivity contribution in [2.24, 2.45) is 0 Å². The largest absolute Gasteiger partial charge is 0.376 e. The highest BCUT2D eigenvalue weighted by Gasteiger charge is 2.52. The minimum absolute atomic E-state index is 0.0335. The molecular formula is C22H30FN3O3. The Balaban J connectivity index is 1.43. The van der Waals surface area contributed by atoms with Crippen LogP contribution >= 0.6 is 0 Å². The summed E-state index contributed by atoms with van der Waals surface area (Å²) in [4.78, 5) is 28.1. The molecule has 0 bridgehead atoms. The quantitative estimate of drug-likeness (QED) is 0.791. The van der Waals surface area contributed by atoms with Gasteiger partial charge in [-0.05, 0) is 63.6 Å². The maximum Gasteiger partial charge on any atom is 0.254 e. The Kier molecular flexibility index (Phi) is 5.88. The number of ether oxygens (including phenoxy) is 1. The van der Waals surface area contributed by atoms with Gasteiger partial charge in [0.05, 0.1) is 11.7 Å². The monoisotopic (exact) mass is 403 g/mol. The highest BCUT2D eigenvalue weighted by atomic mass is 19.1. The summed E-state index contributed by atoms with van der Waals surface area (Å²) in [5.74, 6) is -0.859. The summed E-state index contributed by atoms with van der Waals surface area (Å²) in [6.45, 7) is 4.42. The zero-order chi connectivity index (χ0) is 20.4. The van der Waals surface area contributed by atoms with E-state index in [1.54, 1.807) is 19.1 Å². The van der Waals surface area contributed by atoms with Crippen LogP contribution in [-0.4, -0.2) is 60.6 Å².